The van der Waals surface area contributed by atoms with Crippen LogP contribution >= 0.6 is 0 Å². The highest BCUT2D eigenvalue weighted by Crippen LogP contribution is 2.14. The molecule has 1 aliphatic heterocycles. The second-order valence-corrected chi connectivity index (χ2v) is 4.78. The molecule has 0 bridgehead atoms. The van der Waals surface area contributed by atoms with Gasteiger partial charge >= 0.3 is 0 Å². The molecule has 1 fully saturated rings. The molecule has 5 heteroatoms. The van der Waals surface area contributed by atoms with E-state index in [1.807, 2.05) is 0 Å². The van der Waals surface area contributed by atoms with Crippen molar-refractivity contribution in [1.82, 2.24) is 15.2 Å². The van der Waals surface area contributed by atoms with Crippen LogP contribution in [0, 0.1) is 0 Å². The van der Waals surface area contributed by atoms with Crippen molar-refractivity contribution in [3.8, 4) is 0 Å². The van der Waals surface area contributed by atoms with Crippen LogP contribution in [0.1, 0.15) is 29.6 Å². The lowest BCUT2D eigenvalue weighted by atomic mass is 10.0. The van der Waals surface area contributed by atoms with Gasteiger partial charge < -0.3 is 15.2 Å². The zero-order chi connectivity index (χ0) is 13.0. The van der Waals surface area contributed by atoms with Crippen LogP contribution in [0.4, 0.5) is 0 Å². The first-order valence-electron chi connectivity index (χ1n) is 6.34. The van der Waals surface area contributed by atoms with Gasteiger partial charge in [-0.2, -0.15) is 0 Å². The highest BCUT2D eigenvalue weighted by atomic mass is 16.1. The van der Waals surface area contributed by atoms with E-state index >= 15 is 0 Å². The van der Waals surface area contributed by atoms with Crippen LogP contribution in [0.5, 0.6) is 0 Å². The Hall–Kier alpha value is -1.62. The molecular formula is C13H19N3O2. The third-order valence-corrected chi connectivity index (χ3v) is 3.47. The first kappa shape index (κ1) is 12.8. The molecule has 1 aliphatic rings. The summed E-state index contributed by atoms with van der Waals surface area (Å²) in [5, 5.41) is 2.92. The molecule has 2 N–H and O–H groups in total. The molecule has 1 amide bonds. The van der Waals surface area contributed by atoms with Gasteiger partial charge in [0.25, 0.3) is 5.91 Å². The number of hydrogen-bond acceptors (Lipinski definition) is 3. The monoisotopic (exact) mass is 249 g/mol. The van der Waals surface area contributed by atoms with Crippen LogP contribution in [0.25, 0.3) is 0 Å². The molecule has 0 aliphatic carbocycles. The van der Waals surface area contributed by atoms with Gasteiger partial charge in [0.1, 0.15) is 0 Å². The van der Waals surface area contributed by atoms with Crippen molar-refractivity contribution in [2.45, 2.75) is 25.3 Å². The molecule has 98 valence electrons. The Morgan fingerprint density at radius 2 is 2.33 bits per heavy atom. The van der Waals surface area contributed by atoms with Gasteiger partial charge in [0, 0.05) is 24.8 Å². The minimum Gasteiger partial charge on any atom is -0.350 e. The van der Waals surface area contributed by atoms with E-state index in [0.717, 1.165) is 13.0 Å². The Labute approximate surface area is 106 Å². The first-order valence-corrected chi connectivity index (χ1v) is 6.34. The van der Waals surface area contributed by atoms with Crippen LogP contribution in [-0.4, -0.2) is 42.0 Å². The molecular weight excluding hydrogens is 230 g/mol. The lowest BCUT2D eigenvalue weighted by Gasteiger charge is -2.32. The predicted molar refractivity (Wildman–Crippen MR) is 69.7 cm³/mol. The number of hydrogen-bond donors (Lipinski definition) is 2. The smallest absolute Gasteiger partial charge is 0.252 e. The van der Waals surface area contributed by atoms with Crippen LogP contribution < -0.4 is 10.9 Å². The Morgan fingerprint density at radius 3 is 3.00 bits per heavy atom. The molecule has 0 radical (unpaired) electrons. The van der Waals surface area contributed by atoms with Crippen LogP contribution in [-0.2, 0) is 0 Å². The maximum atomic E-state index is 11.9. The van der Waals surface area contributed by atoms with Crippen molar-refractivity contribution in [2.24, 2.45) is 0 Å². The van der Waals surface area contributed by atoms with Crippen molar-refractivity contribution in [3.63, 3.8) is 0 Å². The van der Waals surface area contributed by atoms with Gasteiger partial charge in [0.05, 0.1) is 5.56 Å². The second-order valence-electron chi connectivity index (χ2n) is 4.78. The van der Waals surface area contributed by atoms with Crippen molar-refractivity contribution >= 4 is 5.91 Å². The maximum Gasteiger partial charge on any atom is 0.252 e. The van der Waals surface area contributed by atoms with Gasteiger partial charge in [0.2, 0.25) is 5.56 Å². The average molecular weight is 249 g/mol. The van der Waals surface area contributed by atoms with E-state index in [1.54, 1.807) is 6.07 Å². The average Bonchev–Trinajstić information content (AvgIpc) is 2.38. The first-order chi connectivity index (χ1) is 8.66. The molecule has 18 heavy (non-hydrogen) atoms. The number of pyridine rings is 1. The molecule has 2 heterocycles. The van der Waals surface area contributed by atoms with Crippen LogP contribution in [0.15, 0.2) is 23.1 Å². The minimum absolute atomic E-state index is 0.134. The Balaban J connectivity index is 1.87. The quantitative estimate of drug-likeness (QED) is 0.824. The summed E-state index contributed by atoms with van der Waals surface area (Å²) in [6.07, 6.45) is 5.04. The van der Waals surface area contributed by atoms with Gasteiger partial charge in [-0.05, 0) is 32.5 Å². The molecule has 0 saturated carbocycles. The minimum atomic E-state index is -0.196. The largest absolute Gasteiger partial charge is 0.350 e. The third-order valence-electron chi connectivity index (χ3n) is 3.47. The number of aromatic amines is 1. The summed E-state index contributed by atoms with van der Waals surface area (Å²) in [6, 6.07) is 3.32. The van der Waals surface area contributed by atoms with Crippen LogP contribution in [0.3, 0.4) is 0 Å². The normalized spacial score (nSPS) is 20.6. The molecule has 2 rings (SSSR count). The van der Waals surface area contributed by atoms with E-state index in [4.69, 9.17) is 0 Å². The van der Waals surface area contributed by atoms with Crippen molar-refractivity contribution in [1.29, 1.82) is 0 Å². The summed E-state index contributed by atoms with van der Waals surface area (Å²) in [7, 11) is 2.09. The SMILES string of the molecule is CN1CCCCC1CNC(=O)c1ccc(=O)[nH]c1. The third kappa shape index (κ3) is 3.20. The summed E-state index contributed by atoms with van der Waals surface area (Å²) >= 11 is 0. The number of H-pyrrole nitrogens is 1. The number of amides is 1. The number of carbonyl (C=O) groups excluding carboxylic acids is 1. The summed E-state index contributed by atoms with van der Waals surface area (Å²) in [5.41, 5.74) is 0.298. The predicted octanol–water partition coefficient (Wildman–Crippen LogP) is 0.589. The number of aromatic nitrogens is 1. The van der Waals surface area contributed by atoms with E-state index < -0.39 is 0 Å². The molecule has 1 aromatic rings. The lowest BCUT2D eigenvalue weighted by Crippen LogP contribution is -2.44. The summed E-state index contributed by atoms with van der Waals surface area (Å²) in [4.78, 5) is 27.5. The van der Waals surface area contributed by atoms with Gasteiger partial charge in [-0.1, -0.05) is 6.42 Å². The standard InChI is InChI=1S/C13H19N3O2/c1-16-7-3-2-4-11(16)9-15-13(18)10-5-6-12(17)14-8-10/h5-6,8,11H,2-4,7,9H2,1H3,(H,14,17)(H,15,18). The van der Waals surface area contributed by atoms with Crippen molar-refractivity contribution < 1.29 is 4.79 Å². The van der Waals surface area contributed by atoms with E-state index in [9.17, 15) is 9.59 Å². The van der Waals surface area contributed by atoms with Crippen LogP contribution in [0.2, 0.25) is 0 Å². The van der Waals surface area contributed by atoms with Crippen molar-refractivity contribution in [3.05, 3.63) is 34.2 Å². The highest BCUT2D eigenvalue weighted by molar-refractivity contribution is 5.93. The number of carbonyl (C=O) groups is 1. The van der Waals surface area contributed by atoms with Gasteiger partial charge in [0.15, 0.2) is 0 Å². The molecule has 1 saturated heterocycles. The van der Waals surface area contributed by atoms with E-state index in [0.29, 0.717) is 18.2 Å². The fourth-order valence-corrected chi connectivity index (χ4v) is 2.27. The molecule has 1 aromatic heterocycles. The molecule has 1 atom stereocenters. The van der Waals surface area contributed by atoms with E-state index in [1.165, 1.54) is 25.1 Å². The van der Waals surface area contributed by atoms with Gasteiger partial charge in [-0.25, -0.2) is 0 Å². The van der Waals surface area contributed by atoms with E-state index in [-0.39, 0.29) is 11.5 Å². The zero-order valence-corrected chi connectivity index (χ0v) is 10.6. The Morgan fingerprint density at radius 1 is 1.50 bits per heavy atom. The summed E-state index contributed by atoms with van der Waals surface area (Å²) in [6.45, 7) is 1.76. The highest BCUT2D eigenvalue weighted by Gasteiger charge is 2.19. The molecule has 5 nitrogen and oxygen atoms in total. The molecule has 0 aromatic carbocycles. The second kappa shape index (κ2) is 5.82. The fraction of sp³-hybridized carbons (Fsp3) is 0.538. The Kier molecular flexibility index (Phi) is 4.15. The number of nitrogens with one attached hydrogen (secondary N) is 2. The van der Waals surface area contributed by atoms with Gasteiger partial charge in [-0.3, -0.25) is 9.59 Å². The maximum absolute atomic E-state index is 11.9. The molecule has 0 spiro atoms. The fourth-order valence-electron chi connectivity index (χ4n) is 2.27. The number of likely N-dealkylation sites (N-methyl/N-ethyl adjacent to an activating group) is 1. The topological polar surface area (TPSA) is 65.2 Å². The number of nitrogens with zero attached hydrogens (tertiary/aromatic N) is 1. The van der Waals surface area contributed by atoms with Crippen molar-refractivity contribution in [2.75, 3.05) is 20.1 Å². The summed E-state index contributed by atoms with van der Waals surface area (Å²) < 4.78 is 0. The summed E-state index contributed by atoms with van der Waals surface area (Å²) in [5.74, 6) is -0.134. The Bertz CT molecular complexity index is 449. The van der Waals surface area contributed by atoms with E-state index in [2.05, 4.69) is 22.2 Å². The number of piperidine rings is 1. The number of rotatable bonds is 3. The lowest BCUT2D eigenvalue weighted by molar-refractivity contribution is 0.0928. The zero-order valence-electron chi connectivity index (χ0n) is 10.6. The molecule has 1 unspecified atom stereocenters. The number of likely N-dealkylation sites (tertiary alicyclic amines) is 1. The van der Waals surface area contributed by atoms with Gasteiger partial charge in [-0.15, -0.1) is 0 Å².